The summed E-state index contributed by atoms with van der Waals surface area (Å²) in [5, 5.41) is 10.5. The molecule has 5 heteroatoms. The highest BCUT2D eigenvalue weighted by molar-refractivity contribution is 6.34. The quantitative estimate of drug-likeness (QED) is 0.181. The molecule has 1 aliphatic rings. The smallest absolute Gasteiger partial charge is 0.345 e. The van der Waals surface area contributed by atoms with Crippen LogP contribution in [0.4, 0.5) is 0 Å². The van der Waals surface area contributed by atoms with Gasteiger partial charge in [-0.3, -0.25) is 5.21 Å². The molecule has 0 saturated heterocycles. The lowest BCUT2D eigenvalue weighted by Crippen LogP contribution is -2.23. The largest absolute Gasteiger partial charge is 0.494 e. The summed E-state index contributed by atoms with van der Waals surface area (Å²) in [7, 11) is 1.54. The highest BCUT2D eigenvalue weighted by Crippen LogP contribution is 2.42. The van der Waals surface area contributed by atoms with Crippen LogP contribution < -0.4 is 4.74 Å². The lowest BCUT2D eigenvalue weighted by molar-refractivity contribution is -0.753. The van der Waals surface area contributed by atoms with Crippen molar-refractivity contribution in [3.8, 4) is 5.75 Å². The molecule has 0 bridgehead atoms. The van der Waals surface area contributed by atoms with E-state index < -0.39 is 5.97 Å². The van der Waals surface area contributed by atoms with Crippen LogP contribution in [0, 0.1) is 5.92 Å². The fourth-order valence-electron chi connectivity index (χ4n) is 4.42. The summed E-state index contributed by atoms with van der Waals surface area (Å²) in [4.78, 5) is 12.9. The number of aryl methyl sites for hydroxylation is 1. The van der Waals surface area contributed by atoms with Crippen LogP contribution >= 0.6 is 0 Å². The minimum Gasteiger partial charge on any atom is -0.494 e. The summed E-state index contributed by atoms with van der Waals surface area (Å²) in [5.74, 6) is 0.528. The van der Waals surface area contributed by atoms with Crippen LogP contribution in [0.5, 0.6) is 5.75 Å². The van der Waals surface area contributed by atoms with Gasteiger partial charge in [0, 0.05) is 0 Å². The monoisotopic (exact) mass is 436 g/mol. The molecule has 0 heterocycles. The fourth-order valence-corrected chi connectivity index (χ4v) is 4.42. The maximum Gasteiger partial charge on any atom is 0.345 e. The number of hydrogen-bond donors (Lipinski definition) is 1. The second-order valence-electron chi connectivity index (χ2n) is 8.04. The normalized spacial score (nSPS) is 14.5. The van der Waals surface area contributed by atoms with Gasteiger partial charge in [-0.25, -0.2) is 4.79 Å². The summed E-state index contributed by atoms with van der Waals surface area (Å²) in [5.41, 5.74) is 4.96. The molecule has 0 amide bonds. The molecule has 0 unspecified atom stereocenters. The van der Waals surface area contributed by atoms with Crippen molar-refractivity contribution in [1.82, 2.24) is 0 Å². The number of hydrogen-bond acceptors (Lipinski definition) is 4. The van der Waals surface area contributed by atoms with E-state index >= 15 is 0 Å². The summed E-state index contributed by atoms with van der Waals surface area (Å²) < 4.78 is 12.4. The lowest BCUT2D eigenvalue weighted by Gasteiger charge is -2.17. The maximum atomic E-state index is 12.9. The van der Waals surface area contributed by atoms with Gasteiger partial charge < -0.3 is 9.47 Å². The van der Waals surface area contributed by atoms with Gasteiger partial charge in [0.1, 0.15) is 11.3 Å². The molecule has 170 valence electrons. The number of carbonyl (C=O) groups excluding carboxylic acids is 1. The minimum atomic E-state index is -0.396. The van der Waals surface area contributed by atoms with Crippen LogP contribution in [0.25, 0.3) is 5.57 Å². The minimum absolute atomic E-state index is 0.197. The Labute approximate surface area is 191 Å². The van der Waals surface area contributed by atoms with Crippen molar-refractivity contribution in [3.63, 3.8) is 0 Å². The number of hydroxylamine groups is 1. The van der Waals surface area contributed by atoms with Gasteiger partial charge in [-0.15, -0.1) is 0 Å². The lowest BCUT2D eigenvalue weighted by atomic mass is 9.88. The second kappa shape index (κ2) is 11.0. The van der Waals surface area contributed by atoms with E-state index in [1.54, 1.807) is 14.0 Å². The van der Waals surface area contributed by atoms with Crippen molar-refractivity contribution < 1.29 is 24.2 Å². The van der Waals surface area contributed by atoms with Gasteiger partial charge in [-0.1, -0.05) is 50.2 Å². The topological polar surface area (TPSA) is 58.8 Å². The van der Waals surface area contributed by atoms with Crippen LogP contribution in [0.2, 0.25) is 0 Å². The number of carbonyl (C=O) groups is 1. The van der Waals surface area contributed by atoms with E-state index in [1.165, 1.54) is 5.56 Å². The molecule has 0 saturated carbocycles. The fraction of sp³-hybridized carbons (Fsp3) is 0.407. The second-order valence-corrected chi connectivity index (χ2v) is 8.04. The summed E-state index contributed by atoms with van der Waals surface area (Å²) in [6.45, 7) is 6.91. The van der Waals surface area contributed by atoms with Crippen LogP contribution in [-0.2, 0) is 16.0 Å². The van der Waals surface area contributed by atoms with Crippen LogP contribution in [0.3, 0.4) is 0 Å². The Bertz CT molecular complexity index is 1000. The van der Waals surface area contributed by atoms with E-state index in [0.717, 1.165) is 52.9 Å². The third kappa shape index (κ3) is 5.04. The van der Waals surface area contributed by atoms with Crippen molar-refractivity contribution >= 4 is 17.3 Å². The van der Waals surface area contributed by atoms with Gasteiger partial charge in [0.2, 0.25) is 0 Å². The molecule has 0 spiro atoms. The molecule has 5 nitrogen and oxygen atoms in total. The van der Waals surface area contributed by atoms with E-state index in [-0.39, 0.29) is 12.5 Å². The van der Waals surface area contributed by atoms with Crippen molar-refractivity contribution in [2.24, 2.45) is 5.92 Å². The molecular formula is C27H34NO4+. The molecule has 2 aromatic rings. The number of nitrogens with zero attached hydrogens (tertiary/aromatic N) is 1. The average Bonchev–Trinajstić information content (AvgIpc) is 3.13. The predicted octanol–water partition coefficient (Wildman–Crippen LogP) is 5.29. The SMILES string of the molecule is CCOC(=O)C1=C(C(CC)CC)c2ccc(OCCCc3ccccc3)cc2/C1=[N+](/C)O. The van der Waals surface area contributed by atoms with Gasteiger partial charge in [0.05, 0.1) is 18.8 Å². The molecule has 0 atom stereocenters. The Hall–Kier alpha value is -3.08. The summed E-state index contributed by atoms with van der Waals surface area (Å²) >= 11 is 0. The zero-order chi connectivity index (χ0) is 23.1. The Morgan fingerprint density at radius 1 is 1.03 bits per heavy atom. The first-order valence-corrected chi connectivity index (χ1v) is 11.5. The van der Waals surface area contributed by atoms with Crippen molar-refractivity contribution in [3.05, 3.63) is 70.8 Å². The third-order valence-corrected chi connectivity index (χ3v) is 5.96. The molecule has 32 heavy (non-hydrogen) atoms. The Morgan fingerprint density at radius 2 is 1.75 bits per heavy atom. The molecular weight excluding hydrogens is 402 g/mol. The number of allylic oxidation sites excluding steroid dienone is 1. The van der Waals surface area contributed by atoms with Crippen LogP contribution in [-0.4, -0.2) is 41.9 Å². The van der Waals surface area contributed by atoms with Crippen LogP contribution in [0.15, 0.2) is 54.1 Å². The van der Waals surface area contributed by atoms with Crippen molar-refractivity contribution in [2.75, 3.05) is 20.3 Å². The molecule has 3 rings (SSSR count). The first-order valence-electron chi connectivity index (χ1n) is 11.5. The zero-order valence-corrected chi connectivity index (χ0v) is 19.6. The Kier molecular flexibility index (Phi) is 8.09. The summed E-state index contributed by atoms with van der Waals surface area (Å²) in [6.07, 6.45) is 3.65. The average molecular weight is 437 g/mol. The number of rotatable bonds is 10. The molecule has 0 aromatic heterocycles. The Balaban J connectivity index is 1.88. The molecule has 0 aliphatic heterocycles. The van der Waals surface area contributed by atoms with E-state index in [1.807, 2.05) is 36.4 Å². The van der Waals surface area contributed by atoms with Gasteiger partial charge in [0.25, 0.3) is 5.71 Å². The highest BCUT2D eigenvalue weighted by Gasteiger charge is 2.41. The van der Waals surface area contributed by atoms with Crippen molar-refractivity contribution in [1.29, 1.82) is 0 Å². The number of fused-ring (bicyclic) bond motifs is 1. The standard InChI is InChI=1S/C27H34NO4/c1-5-20(6-2)24-22-16-15-21(32-17-11-14-19-12-9-8-10-13-19)18-23(22)26(28(4)30)25(24)27(29)31-7-3/h8-10,12-13,15-16,18,20,30H,5-7,11,14,17H2,1-4H3/q+1/b28-26+. The summed E-state index contributed by atoms with van der Waals surface area (Å²) in [6, 6.07) is 16.2. The van der Waals surface area contributed by atoms with Crippen molar-refractivity contribution in [2.45, 2.75) is 46.5 Å². The molecule has 1 N–H and O–H groups in total. The van der Waals surface area contributed by atoms with Gasteiger partial charge in [0.15, 0.2) is 7.05 Å². The van der Waals surface area contributed by atoms with E-state index in [0.29, 0.717) is 17.9 Å². The van der Waals surface area contributed by atoms with E-state index in [4.69, 9.17) is 9.47 Å². The first kappa shape index (κ1) is 23.6. The number of esters is 1. The molecule has 1 aliphatic carbocycles. The third-order valence-electron chi connectivity index (χ3n) is 5.96. The highest BCUT2D eigenvalue weighted by atomic mass is 16.5. The van der Waals surface area contributed by atoms with Crippen LogP contribution in [0.1, 0.15) is 56.7 Å². The van der Waals surface area contributed by atoms with E-state index in [9.17, 15) is 10.0 Å². The van der Waals surface area contributed by atoms with Gasteiger partial charge >= 0.3 is 5.97 Å². The number of benzene rings is 2. The molecule has 0 radical (unpaired) electrons. The predicted molar refractivity (Wildman–Crippen MR) is 126 cm³/mol. The van der Waals surface area contributed by atoms with Gasteiger partial charge in [-0.05, 0) is 72.1 Å². The maximum absolute atomic E-state index is 12.9. The van der Waals surface area contributed by atoms with E-state index in [2.05, 4.69) is 26.0 Å². The number of ether oxygens (including phenoxy) is 2. The Morgan fingerprint density at radius 3 is 2.38 bits per heavy atom. The molecule has 0 fully saturated rings. The van der Waals surface area contributed by atoms with Gasteiger partial charge in [-0.2, -0.15) is 0 Å². The molecule has 2 aromatic carbocycles. The first-order chi connectivity index (χ1) is 15.5. The zero-order valence-electron chi connectivity index (χ0n) is 19.6.